The highest BCUT2D eigenvalue weighted by atomic mass is 19.4. The zero-order valence-corrected chi connectivity index (χ0v) is 19.2. The van der Waals surface area contributed by atoms with E-state index in [4.69, 9.17) is 4.74 Å². The molecule has 180 valence electrons. The molecule has 0 aliphatic carbocycles. The third-order valence-corrected chi connectivity index (χ3v) is 5.36. The quantitative estimate of drug-likeness (QED) is 0.563. The predicted molar refractivity (Wildman–Crippen MR) is 121 cm³/mol. The van der Waals surface area contributed by atoms with E-state index < -0.39 is 18.0 Å². The Morgan fingerprint density at radius 3 is 2.41 bits per heavy atom. The van der Waals surface area contributed by atoms with Gasteiger partial charge in [0, 0.05) is 31.4 Å². The number of ether oxygens (including phenoxy) is 1. The molecule has 0 aliphatic heterocycles. The minimum Gasteiger partial charge on any atom is -0.497 e. The second-order valence-electron chi connectivity index (χ2n) is 7.69. The van der Waals surface area contributed by atoms with Crippen molar-refractivity contribution >= 4 is 11.8 Å². The highest BCUT2D eigenvalue weighted by Crippen LogP contribution is 2.34. The lowest BCUT2D eigenvalue weighted by atomic mass is 9.96. The van der Waals surface area contributed by atoms with Gasteiger partial charge in [-0.15, -0.1) is 0 Å². The highest BCUT2D eigenvalue weighted by Gasteiger charge is 2.38. The maximum Gasteiger partial charge on any atom is 0.471 e. The summed E-state index contributed by atoms with van der Waals surface area (Å²) in [5.74, 6) is -2.02. The molecular weight excluding hydrogens is 449 g/mol. The molecule has 1 aromatic heterocycles. The zero-order valence-electron chi connectivity index (χ0n) is 19.2. The molecule has 0 unspecified atom stereocenters. The lowest BCUT2D eigenvalue weighted by Gasteiger charge is -2.20. The summed E-state index contributed by atoms with van der Waals surface area (Å²) in [5.41, 5.74) is 4.10. The van der Waals surface area contributed by atoms with Crippen molar-refractivity contribution in [1.82, 2.24) is 20.0 Å². The van der Waals surface area contributed by atoms with E-state index >= 15 is 0 Å². The maximum absolute atomic E-state index is 13.3. The number of methoxy groups -OCH3 is 1. The van der Waals surface area contributed by atoms with Gasteiger partial charge >= 0.3 is 12.1 Å². The molecule has 34 heavy (non-hydrogen) atoms. The van der Waals surface area contributed by atoms with Gasteiger partial charge in [-0.3, -0.25) is 9.59 Å². The number of hydrogen-bond acceptors (Lipinski definition) is 4. The van der Waals surface area contributed by atoms with E-state index in [0.29, 0.717) is 22.6 Å². The summed E-state index contributed by atoms with van der Waals surface area (Å²) in [6.45, 7) is 3.29. The number of benzene rings is 2. The van der Waals surface area contributed by atoms with Gasteiger partial charge in [0.2, 0.25) is 0 Å². The summed E-state index contributed by atoms with van der Waals surface area (Å²) in [6, 6.07) is 14.6. The molecule has 7 nitrogen and oxygen atoms in total. The molecule has 0 radical (unpaired) electrons. The van der Waals surface area contributed by atoms with E-state index in [1.807, 2.05) is 44.2 Å². The lowest BCUT2D eigenvalue weighted by molar-refractivity contribution is -0.173. The predicted octanol–water partition coefficient (Wildman–Crippen LogP) is 3.92. The molecule has 0 atom stereocenters. The van der Waals surface area contributed by atoms with E-state index in [-0.39, 0.29) is 13.1 Å². The number of para-hydroxylation sites is 1. The fraction of sp³-hybridized carbons (Fsp3) is 0.292. The molecule has 0 fully saturated rings. The van der Waals surface area contributed by atoms with Crippen LogP contribution in [0.15, 0.2) is 48.5 Å². The van der Waals surface area contributed by atoms with Gasteiger partial charge in [-0.2, -0.15) is 18.3 Å². The third-order valence-electron chi connectivity index (χ3n) is 5.36. The summed E-state index contributed by atoms with van der Waals surface area (Å²) in [5, 5.41) is 6.42. The van der Waals surface area contributed by atoms with Crippen molar-refractivity contribution in [2.45, 2.75) is 20.0 Å². The third kappa shape index (κ3) is 5.22. The van der Waals surface area contributed by atoms with Gasteiger partial charge in [-0.05, 0) is 49.7 Å². The average Bonchev–Trinajstić information content (AvgIpc) is 3.11. The van der Waals surface area contributed by atoms with Crippen LogP contribution >= 0.6 is 0 Å². The van der Waals surface area contributed by atoms with E-state index in [9.17, 15) is 22.8 Å². The minimum atomic E-state index is -4.98. The van der Waals surface area contributed by atoms with Gasteiger partial charge in [-0.1, -0.05) is 18.2 Å². The fourth-order valence-corrected chi connectivity index (χ4v) is 3.64. The molecule has 2 amide bonds. The van der Waals surface area contributed by atoms with Crippen LogP contribution in [0.25, 0.3) is 16.8 Å². The van der Waals surface area contributed by atoms with Crippen LogP contribution in [0.5, 0.6) is 5.75 Å². The number of halogens is 3. The number of aryl methyl sites for hydroxylation is 1. The van der Waals surface area contributed by atoms with Crippen molar-refractivity contribution in [2.24, 2.45) is 0 Å². The molecule has 1 heterocycles. The number of carbonyl (C=O) groups excluding carboxylic acids is 2. The molecule has 0 saturated carbocycles. The van der Waals surface area contributed by atoms with Crippen molar-refractivity contribution in [1.29, 1.82) is 0 Å². The summed E-state index contributed by atoms with van der Waals surface area (Å²) >= 11 is 0. The van der Waals surface area contributed by atoms with Crippen molar-refractivity contribution < 1.29 is 27.5 Å². The van der Waals surface area contributed by atoms with E-state index in [1.165, 1.54) is 19.1 Å². The van der Waals surface area contributed by atoms with Gasteiger partial charge in [-0.25, -0.2) is 4.68 Å². The normalized spacial score (nSPS) is 11.3. The summed E-state index contributed by atoms with van der Waals surface area (Å²) in [6.07, 6.45) is -4.98. The number of likely N-dealkylation sites (N-methyl/N-ethyl adjacent to an activating group) is 1. The van der Waals surface area contributed by atoms with Crippen LogP contribution in [-0.2, 0) is 4.79 Å². The maximum atomic E-state index is 13.3. The Balaban J connectivity index is 1.94. The molecule has 3 rings (SSSR count). The molecule has 10 heteroatoms. The Hall–Kier alpha value is -3.82. The van der Waals surface area contributed by atoms with Crippen LogP contribution in [0.4, 0.5) is 13.2 Å². The Kier molecular flexibility index (Phi) is 7.29. The molecule has 0 bridgehead atoms. The summed E-state index contributed by atoms with van der Waals surface area (Å²) < 4.78 is 44.3. The van der Waals surface area contributed by atoms with Crippen LogP contribution in [0.2, 0.25) is 0 Å². The Labute approximate surface area is 195 Å². The number of nitrogens with zero attached hydrogens (tertiary/aromatic N) is 3. The Morgan fingerprint density at radius 2 is 1.79 bits per heavy atom. The fourth-order valence-electron chi connectivity index (χ4n) is 3.64. The van der Waals surface area contributed by atoms with Crippen LogP contribution in [-0.4, -0.2) is 59.9 Å². The largest absolute Gasteiger partial charge is 0.497 e. The van der Waals surface area contributed by atoms with E-state index in [0.717, 1.165) is 16.9 Å². The number of alkyl halides is 3. The average molecular weight is 474 g/mol. The summed E-state index contributed by atoms with van der Waals surface area (Å²) in [4.78, 5) is 25.6. The smallest absolute Gasteiger partial charge is 0.471 e. The van der Waals surface area contributed by atoms with Crippen LogP contribution in [0.3, 0.4) is 0 Å². The summed E-state index contributed by atoms with van der Waals surface area (Å²) in [7, 11) is 2.93. The first-order chi connectivity index (χ1) is 16.0. The van der Waals surface area contributed by atoms with Crippen molar-refractivity contribution in [3.05, 3.63) is 65.5 Å². The van der Waals surface area contributed by atoms with Crippen LogP contribution < -0.4 is 10.1 Å². The van der Waals surface area contributed by atoms with Gasteiger partial charge < -0.3 is 15.0 Å². The first-order valence-electron chi connectivity index (χ1n) is 10.4. The molecule has 3 aromatic rings. The first kappa shape index (κ1) is 24.8. The number of carbonyl (C=O) groups is 2. The van der Waals surface area contributed by atoms with Crippen LogP contribution in [0.1, 0.15) is 21.7 Å². The van der Waals surface area contributed by atoms with Gasteiger partial charge in [0.1, 0.15) is 5.75 Å². The standard InChI is InChI=1S/C24H25F3N4O3/c1-15-21(16(2)31(29-15)17-8-6-5-7-9-17)19-11-10-18(34-4)14-20(19)22(32)30(3)13-12-28-23(33)24(25,26)27/h5-11,14H,12-13H2,1-4H3,(H,28,33). The van der Waals surface area contributed by atoms with Gasteiger partial charge in [0.25, 0.3) is 5.91 Å². The number of amides is 2. The molecular formula is C24H25F3N4O3. The number of hydrogen-bond donors (Lipinski definition) is 1. The SMILES string of the molecule is COc1ccc(-c2c(C)nn(-c3ccccc3)c2C)c(C(=O)N(C)CCNC(=O)C(F)(F)F)c1. The van der Waals surface area contributed by atoms with Crippen molar-refractivity contribution in [3.8, 4) is 22.6 Å². The second-order valence-corrected chi connectivity index (χ2v) is 7.69. The van der Waals surface area contributed by atoms with Gasteiger partial charge in [0.15, 0.2) is 0 Å². The number of aromatic nitrogens is 2. The van der Waals surface area contributed by atoms with Crippen molar-refractivity contribution in [2.75, 3.05) is 27.2 Å². The minimum absolute atomic E-state index is 0.113. The molecule has 1 N–H and O–H groups in total. The van der Waals surface area contributed by atoms with Gasteiger partial charge in [0.05, 0.1) is 24.1 Å². The molecule has 0 spiro atoms. The van der Waals surface area contributed by atoms with E-state index in [2.05, 4.69) is 5.10 Å². The van der Waals surface area contributed by atoms with Crippen molar-refractivity contribution in [3.63, 3.8) is 0 Å². The molecule has 0 saturated heterocycles. The topological polar surface area (TPSA) is 76.5 Å². The Bertz CT molecular complexity index is 1190. The number of nitrogens with one attached hydrogen (secondary N) is 1. The van der Waals surface area contributed by atoms with E-state index in [1.54, 1.807) is 28.2 Å². The van der Waals surface area contributed by atoms with Crippen LogP contribution in [0, 0.1) is 13.8 Å². The molecule has 0 aliphatic rings. The Morgan fingerprint density at radius 1 is 1.12 bits per heavy atom. The molecule has 2 aromatic carbocycles. The second kappa shape index (κ2) is 9.98. The lowest BCUT2D eigenvalue weighted by Crippen LogP contribution is -2.41. The zero-order chi connectivity index (χ0) is 25.0. The monoisotopic (exact) mass is 474 g/mol. The first-order valence-corrected chi connectivity index (χ1v) is 10.4. The highest BCUT2D eigenvalue weighted by molar-refractivity contribution is 6.01. The number of rotatable bonds is 7.